The second-order valence-corrected chi connectivity index (χ2v) is 8.73. The van der Waals surface area contributed by atoms with E-state index in [1.807, 2.05) is 13.8 Å². The molecule has 8 heteroatoms. The van der Waals surface area contributed by atoms with E-state index in [4.69, 9.17) is 14.2 Å². The number of Topliss-reactive ketones (excluding diaryl/α,β-unsaturated/α-hetero) is 1. The summed E-state index contributed by atoms with van der Waals surface area (Å²) in [5, 5.41) is 11.2. The molecule has 1 fully saturated rings. The number of carbonyl (C=O) groups excluding carboxylic acids is 3. The summed E-state index contributed by atoms with van der Waals surface area (Å²) in [7, 11) is 1.56. The van der Waals surface area contributed by atoms with Gasteiger partial charge in [0, 0.05) is 32.7 Å². The van der Waals surface area contributed by atoms with Crippen LogP contribution < -0.4 is 9.47 Å². The van der Waals surface area contributed by atoms with Crippen LogP contribution in [0.4, 0.5) is 0 Å². The molecule has 0 radical (unpaired) electrons. The van der Waals surface area contributed by atoms with Crippen LogP contribution in [0.5, 0.6) is 11.5 Å². The van der Waals surface area contributed by atoms with Crippen LogP contribution in [0.3, 0.4) is 0 Å². The molecular formula is C27H31NO7. The number of hydrogen-bond acceptors (Lipinski definition) is 7. The lowest BCUT2D eigenvalue weighted by Crippen LogP contribution is -2.31. The van der Waals surface area contributed by atoms with E-state index in [0.717, 1.165) is 0 Å². The molecule has 0 saturated carbocycles. The van der Waals surface area contributed by atoms with Crippen molar-refractivity contribution in [1.82, 2.24) is 4.90 Å². The van der Waals surface area contributed by atoms with Gasteiger partial charge in [0.05, 0.1) is 18.2 Å². The zero-order valence-corrected chi connectivity index (χ0v) is 20.4. The van der Waals surface area contributed by atoms with Gasteiger partial charge in [0.15, 0.2) is 0 Å². The largest absolute Gasteiger partial charge is 0.507 e. The maximum atomic E-state index is 13.1. The number of likely N-dealkylation sites (tertiary alicyclic amines) is 1. The number of carbonyl (C=O) groups is 3. The van der Waals surface area contributed by atoms with E-state index in [1.165, 1.54) is 11.8 Å². The highest BCUT2D eigenvalue weighted by Gasteiger charge is 2.45. The number of amides is 1. The molecule has 0 aliphatic carbocycles. The molecule has 35 heavy (non-hydrogen) atoms. The number of nitrogens with zero attached hydrogens (tertiary/aromatic N) is 1. The van der Waals surface area contributed by atoms with Crippen molar-refractivity contribution in [3.05, 3.63) is 65.2 Å². The number of rotatable bonds is 10. The summed E-state index contributed by atoms with van der Waals surface area (Å²) < 4.78 is 16.0. The minimum Gasteiger partial charge on any atom is -0.507 e. The molecule has 2 aromatic rings. The summed E-state index contributed by atoms with van der Waals surface area (Å²) in [6, 6.07) is 12.5. The molecular weight excluding hydrogens is 450 g/mol. The van der Waals surface area contributed by atoms with E-state index >= 15 is 0 Å². The molecule has 1 aliphatic heterocycles. The first-order chi connectivity index (χ1) is 16.7. The third-order valence-corrected chi connectivity index (χ3v) is 5.43. The molecule has 1 saturated heterocycles. The van der Waals surface area contributed by atoms with Gasteiger partial charge in [0.2, 0.25) is 0 Å². The fourth-order valence-corrected chi connectivity index (χ4v) is 3.88. The van der Waals surface area contributed by atoms with Crippen molar-refractivity contribution in [2.75, 3.05) is 26.9 Å². The standard InChI is InChI=1S/C27H31NO7/c1-17(2)16-34-21-11-9-19(10-12-21)25(30)23-24(20-7-5-8-22(15-20)35-18(3)29)28(13-6-14-33-4)27(32)26(23)31/h5,7-12,15,17,24,30H,6,13-14,16H2,1-4H3/b25-23-. The van der Waals surface area contributed by atoms with Crippen LogP contribution in [-0.4, -0.2) is 54.5 Å². The van der Waals surface area contributed by atoms with Gasteiger partial charge in [-0.2, -0.15) is 0 Å². The lowest BCUT2D eigenvalue weighted by molar-refractivity contribution is -0.140. The molecule has 1 amide bonds. The van der Waals surface area contributed by atoms with E-state index in [0.29, 0.717) is 42.4 Å². The molecule has 0 aromatic heterocycles. The molecule has 8 nitrogen and oxygen atoms in total. The Morgan fingerprint density at radius 2 is 1.80 bits per heavy atom. The van der Waals surface area contributed by atoms with Crippen LogP contribution >= 0.6 is 0 Å². The highest BCUT2D eigenvalue weighted by molar-refractivity contribution is 6.46. The SMILES string of the molecule is COCCCN1C(=O)C(=O)/C(=C(\O)c2ccc(OCC(C)C)cc2)C1c1cccc(OC(C)=O)c1. The zero-order valence-electron chi connectivity index (χ0n) is 20.4. The molecule has 0 bridgehead atoms. The summed E-state index contributed by atoms with van der Waals surface area (Å²) in [4.78, 5) is 38.9. The quantitative estimate of drug-likeness (QED) is 0.136. The molecule has 0 spiro atoms. The first-order valence-corrected chi connectivity index (χ1v) is 11.5. The Morgan fingerprint density at radius 1 is 1.09 bits per heavy atom. The molecule has 1 atom stereocenters. The van der Waals surface area contributed by atoms with E-state index in [-0.39, 0.29) is 23.6 Å². The minimum atomic E-state index is -0.848. The molecule has 1 unspecified atom stereocenters. The van der Waals surface area contributed by atoms with E-state index in [9.17, 15) is 19.5 Å². The molecule has 2 aromatic carbocycles. The smallest absolute Gasteiger partial charge is 0.308 e. The number of aliphatic hydroxyl groups is 1. The van der Waals surface area contributed by atoms with Crippen molar-refractivity contribution in [1.29, 1.82) is 0 Å². The summed E-state index contributed by atoms with van der Waals surface area (Å²) in [5.74, 6) is -0.970. The summed E-state index contributed by atoms with van der Waals surface area (Å²) in [6.45, 7) is 6.58. The Labute approximate surface area is 205 Å². The molecule has 1 aliphatic rings. The average Bonchev–Trinajstić information content (AvgIpc) is 3.07. The lowest BCUT2D eigenvalue weighted by Gasteiger charge is -2.25. The Bertz CT molecular complexity index is 1100. The first kappa shape index (κ1) is 26.0. The van der Waals surface area contributed by atoms with Gasteiger partial charge in [-0.1, -0.05) is 26.0 Å². The fraction of sp³-hybridized carbons (Fsp3) is 0.370. The molecule has 186 valence electrons. The fourth-order valence-electron chi connectivity index (χ4n) is 3.88. The number of esters is 1. The third-order valence-electron chi connectivity index (χ3n) is 5.43. The number of aliphatic hydroxyl groups excluding tert-OH is 1. The van der Waals surface area contributed by atoms with Crippen LogP contribution in [0.1, 0.15) is 44.4 Å². The topological polar surface area (TPSA) is 102 Å². The molecule has 1 heterocycles. The first-order valence-electron chi connectivity index (χ1n) is 11.5. The van der Waals surface area contributed by atoms with Gasteiger partial charge in [-0.05, 0) is 54.3 Å². The number of hydrogen-bond donors (Lipinski definition) is 1. The van der Waals surface area contributed by atoms with Gasteiger partial charge in [-0.25, -0.2) is 0 Å². The predicted octanol–water partition coefficient (Wildman–Crippen LogP) is 4.10. The highest BCUT2D eigenvalue weighted by Crippen LogP contribution is 2.40. The number of ketones is 1. The van der Waals surface area contributed by atoms with Crippen molar-refractivity contribution in [3.63, 3.8) is 0 Å². The maximum absolute atomic E-state index is 13.1. The van der Waals surface area contributed by atoms with Gasteiger partial charge < -0.3 is 24.2 Å². The van der Waals surface area contributed by atoms with Gasteiger partial charge in [-0.3, -0.25) is 14.4 Å². The molecule has 1 N–H and O–H groups in total. The van der Waals surface area contributed by atoms with Crippen molar-refractivity contribution in [2.24, 2.45) is 5.92 Å². The second-order valence-electron chi connectivity index (χ2n) is 8.73. The van der Waals surface area contributed by atoms with Crippen molar-refractivity contribution >= 4 is 23.4 Å². The average molecular weight is 482 g/mol. The number of methoxy groups -OCH3 is 1. The Morgan fingerprint density at radius 3 is 2.43 bits per heavy atom. The van der Waals surface area contributed by atoms with E-state index in [1.54, 1.807) is 55.6 Å². The van der Waals surface area contributed by atoms with E-state index < -0.39 is 23.7 Å². The number of ether oxygens (including phenoxy) is 3. The molecule has 3 rings (SSSR count). The highest BCUT2D eigenvalue weighted by atomic mass is 16.5. The summed E-state index contributed by atoms with van der Waals surface area (Å²) in [5.41, 5.74) is 0.903. The minimum absolute atomic E-state index is 0.0248. The normalized spacial score (nSPS) is 17.2. The van der Waals surface area contributed by atoms with Crippen LogP contribution in [0.25, 0.3) is 5.76 Å². The maximum Gasteiger partial charge on any atom is 0.308 e. The monoisotopic (exact) mass is 481 g/mol. The van der Waals surface area contributed by atoms with Crippen molar-refractivity contribution < 1.29 is 33.7 Å². The third kappa shape index (κ3) is 6.27. The lowest BCUT2D eigenvalue weighted by atomic mass is 9.95. The van der Waals surface area contributed by atoms with Crippen molar-refractivity contribution in [2.45, 2.75) is 33.2 Å². The summed E-state index contributed by atoms with van der Waals surface area (Å²) >= 11 is 0. The number of benzene rings is 2. The zero-order chi connectivity index (χ0) is 25.5. The summed E-state index contributed by atoms with van der Waals surface area (Å²) in [6.07, 6.45) is 0.506. The van der Waals surface area contributed by atoms with Crippen LogP contribution in [-0.2, 0) is 19.1 Å². The van der Waals surface area contributed by atoms with Gasteiger partial charge >= 0.3 is 5.97 Å². The second kappa shape index (κ2) is 11.7. The van der Waals surface area contributed by atoms with Gasteiger partial charge in [-0.15, -0.1) is 0 Å². The van der Waals surface area contributed by atoms with Crippen LogP contribution in [0.2, 0.25) is 0 Å². The Kier molecular flexibility index (Phi) is 8.65. The Balaban J connectivity index is 2.04. The predicted molar refractivity (Wildman–Crippen MR) is 130 cm³/mol. The van der Waals surface area contributed by atoms with Gasteiger partial charge in [0.1, 0.15) is 17.3 Å². The van der Waals surface area contributed by atoms with Crippen LogP contribution in [0, 0.1) is 5.92 Å². The Hall–Kier alpha value is -3.65. The van der Waals surface area contributed by atoms with Crippen molar-refractivity contribution in [3.8, 4) is 11.5 Å². The van der Waals surface area contributed by atoms with E-state index in [2.05, 4.69) is 0 Å². The van der Waals surface area contributed by atoms with Crippen LogP contribution in [0.15, 0.2) is 54.1 Å². The van der Waals surface area contributed by atoms with Gasteiger partial charge in [0.25, 0.3) is 11.7 Å².